The van der Waals surface area contributed by atoms with Gasteiger partial charge in [-0.3, -0.25) is 9.38 Å². The van der Waals surface area contributed by atoms with E-state index >= 15 is 0 Å². The highest BCUT2D eigenvalue weighted by Gasteiger charge is 2.09. The third-order valence-electron chi connectivity index (χ3n) is 5.09. The Hall–Kier alpha value is -2.98. The summed E-state index contributed by atoms with van der Waals surface area (Å²) in [5.74, 6) is 0. The summed E-state index contributed by atoms with van der Waals surface area (Å²) < 4.78 is 2.11. The molecule has 2 heterocycles. The first-order valence-corrected chi connectivity index (χ1v) is 11.2. The van der Waals surface area contributed by atoms with Crippen molar-refractivity contribution in [3.8, 4) is 11.3 Å². The molecule has 0 atom stereocenters. The maximum Gasteiger partial charge on any atom is 0.158 e. The second-order valence-corrected chi connectivity index (χ2v) is 7.43. The van der Waals surface area contributed by atoms with Crippen molar-refractivity contribution < 1.29 is 0 Å². The van der Waals surface area contributed by atoms with Gasteiger partial charge in [0.2, 0.25) is 0 Å². The quantitative estimate of drug-likeness (QED) is 0.416. The van der Waals surface area contributed by atoms with E-state index in [0.29, 0.717) is 6.54 Å². The summed E-state index contributed by atoms with van der Waals surface area (Å²) in [5, 5.41) is 0. The Labute approximate surface area is 187 Å². The van der Waals surface area contributed by atoms with Gasteiger partial charge >= 0.3 is 0 Å². The number of benzene rings is 2. The van der Waals surface area contributed by atoms with Crippen LogP contribution in [0.3, 0.4) is 0 Å². The van der Waals surface area contributed by atoms with E-state index in [9.17, 15) is 0 Å². The molecule has 0 aliphatic heterocycles. The number of aromatic nitrogens is 3. The third kappa shape index (κ3) is 6.25. The van der Waals surface area contributed by atoms with Crippen molar-refractivity contribution in [1.29, 1.82) is 0 Å². The Bertz CT molecular complexity index is 1100. The van der Waals surface area contributed by atoms with Gasteiger partial charge in [-0.15, -0.1) is 0 Å². The minimum atomic E-state index is 0.641. The van der Waals surface area contributed by atoms with Gasteiger partial charge < -0.3 is 5.73 Å². The van der Waals surface area contributed by atoms with Crippen molar-refractivity contribution >= 4 is 5.65 Å². The van der Waals surface area contributed by atoms with E-state index in [2.05, 4.69) is 65.5 Å². The molecule has 2 aromatic carbocycles. The molecule has 2 N–H and O–H groups in total. The lowest BCUT2D eigenvalue weighted by atomic mass is 10.00. The SMILES string of the molecule is CC.CCCc1cc(-c2cnc3c(C)nccn23)ccc1C.Cc1cccc(CN)c1. The average molecular weight is 417 g/mol. The van der Waals surface area contributed by atoms with E-state index in [1.54, 1.807) is 0 Å². The lowest BCUT2D eigenvalue weighted by molar-refractivity contribution is 0.913. The van der Waals surface area contributed by atoms with E-state index in [1.165, 1.54) is 34.2 Å². The number of nitrogens with two attached hydrogens (primary N) is 1. The number of rotatable bonds is 4. The summed E-state index contributed by atoms with van der Waals surface area (Å²) in [6.45, 7) is 13.1. The summed E-state index contributed by atoms with van der Waals surface area (Å²) in [6, 6.07) is 14.9. The van der Waals surface area contributed by atoms with E-state index in [1.807, 2.05) is 51.5 Å². The minimum absolute atomic E-state index is 0.641. The number of aryl methyl sites for hydroxylation is 4. The van der Waals surface area contributed by atoms with E-state index in [4.69, 9.17) is 5.73 Å². The van der Waals surface area contributed by atoms with Crippen molar-refractivity contribution in [2.75, 3.05) is 0 Å². The Kier molecular flexibility index (Phi) is 9.41. The van der Waals surface area contributed by atoms with Crippen molar-refractivity contribution in [1.82, 2.24) is 14.4 Å². The molecule has 164 valence electrons. The molecular weight excluding hydrogens is 380 g/mol. The van der Waals surface area contributed by atoms with Crippen LogP contribution in [0.5, 0.6) is 0 Å². The van der Waals surface area contributed by atoms with Gasteiger partial charge in [0, 0.05) is 24.5 Å². The van der Waals surface area contributed by atoms with Crippen LogP contribution in [-0.4, -0.2) is 14.4 Å². The molecule has 4 nitrogen and oxygen atoms in total. The summed E-state index contributed by atoms with van der Waals surface area (Å²) in [5.41, 5.74) is 14.9. The maximum atomic E-state index is 5.42. The summed E-state index contributed by atoms with van der Waals surface area (Å²) in [7, 11) is 0. The fourth-order valence-electron chi connectivity index (χ4n) is 3.47. The number of hydrogen-bond acceptors (Lipinski definition) is 3. The molecule has 4 aromatic rings. The van der Waals surface area contributed by atoms with Gasteiger partial charge in [-0.1, -0.05) is 69.2 Å². The number of nitrogens with zero attached hydrogens (tertiary/aromatic N) is 3. The molecule has 4 heteroatoms. The smallest absolute Gasteiger partial charge is 0.158 e. The largest absolute Gasteiger partial charge is 0.326 e. The minimum Gasteiger partial charge on any atom is -0.326 e. The first kappa shape index (κ1) is 24.3. The third-order valence-corrected chi connectivity index (χ3v) is 5.09. The molecule has 0 spiro atoms. The van der Waals surface area contributed by atoms with Gasteiger partial charge in [0.15, 0.2) is 5.65 Å². The van der Waals surface area contributed by atoms with Crippen LogP contribution >= 0.6 is 0 Å². The molecular formula is C27H36N4. The Balaban J connectivity index is 0.000000261. The normalized spacial score (nSPS) is 10.2. The van der Waals surface area contributed by atoms with Crippen LogP contribution in [0.15, 0.2) is 61.1 Å². The molecule has 0 fully saturated rings. The standard InChI is InChI=1S/C17H19N3.C8H11N.C2H6/c1-4-5-14-10-15(7-6-12(14)2)16-11-19-17-13(3)18-8-9-20(16)17;1-7-3-2-4-8(5-7)6-9;1-2/h6-11H,4-5H2,1-3H3;2-5H,6,9H2,1H3;1-2H3. The molecule has 0 saturated heterocycles. The van der Waals surface area contributed by atoms with E-state index in [0.717, 1.165) is 23.5 Å². The zero-order valence-corrected chi connectivity index (χ0v) is 19.8. The van der Waals surface area contributed by atoms with Crippen molar-refractivity contribution in [3.63, 3.8) is 0 Å². The van der Waals surface area contributed by atoms with E-state index < -0.39 is 0 Å². The first-order valence-electron chi connectivity index (χ1n) is 11.2. The second kappa shape index (κ2) is 12.0. The van der Waals surface area contributed by atoms with Crippen LogP contribution < -0.4 is 5.73 Å². The maximum absolute atomic E-state index is 5.42. The van der Waals surface area contributed by atoms with Gasteiger partial charge in [0.05, 0.1) is 17.6 Å². The van der Waals surface area contributed by atoms with Crippen LogP contribution in [0, 0.1) is 20.8 Å². The van der Waals surface area contributed by atoms with Gasteiger partial charge in [-0.05, 0) is 49.9 Å². The topological polar surface area (TPSA) is 56.2 Å². The highest BCUT2D eigenvalue weighted by molar-refractivity contribution is 5.65. The molecule has 0 radical (unpaired) electrons. The molecule has 31 heavy (non-hydrogen) atoms. The summed E-state index contributed by atoms with van der Waals surface area (Å²) >= 11 is 0. The Morgan fingerprint density at radius 1 is 0.968 bits per heavy atom. The van der Waals surface area contributed by atoms with E-state index in [-0.39, 0.29) is 0 Å². The Morgan fingerprint density at radius 3 is 2.39 bits per heavy atom. The van der Waals surface area contributed by atoms with Gasteiger partial charge in [-0.2, -0.15) is 0 Å². The predicted octanol–water partition coefficient (Wildman–Crippen LogP) is 6.45. The van der Waals surface area contributed by atoms with Crippen molar-refractivity contribution in [3.05, 3.63) is 89.0 Å². The molecule has 0 unspecified atom stereocenters. The van der Waals surface area contributed by atoms with Crippen LogP contribution in [0.2, 0.25) is 0 Å². The molecule has 0 bridgehead atoms. The second-order valence-electron chi connectivity index (χ2n) is 7.43. The van der Waals surface area contributed by atoms with Gasteiger partial charge in [0.25, 0.3) is 0 Å². The summed E-state index contributed by atoms with van der Waals surface area (Å²) in [6.07, 6.45) is 8.03. The van der Waals surface area contributed by atoms with Crippen molar-refractivity contribution in [2.24, 2.45) is 5.73 Å². The first-order chi connectivity index (χ1) is 15.0. The molecule has 0 aliphatic carbocycles. The molecule has 4 rings (SSSR count). The van der Waals surface area contributed by atoms with Crippen molar-refractivity contribution in [2.45, 2.75) is 60.9 Å². The fraction of sp³-hybridized carbons (Fsp3) is 0.333. The van der Waals surface area contributed by atoms with Crippen LogP contribution in [0.1, 0.15) is 55.1 Å². The predicted molar refractivity (Wildman–Crippen MR) is 132 cm³/mol. The van der Waals surface area contributed by atoms with Crippen LogP contribution in [0.25, 0.3) is 16.9 Å². The fourth-order valence-corrected chi connectivity index (χ4v) is 3.47. The molecule has 2 aromatic heterocycles. The lowest BCUT2D eigenvalue weighted by Gasteiger charge is -2.08. The molecule has 0 saturated carbocycles. The monoisotopic (exact) mass is 416 g/mol. The van der Waals surface area contributed by atoms with Crippen LogP contribution in [0.4, 0.5) is 0 Å². The molecule has 0 aliphatic rings. The Morgan fingerprint density at radius 2 is 1.74 bits per heavy atom. The van der Waals surface area contributed by atoms with Gasteiger partial charge in [-0.25, -0.2) is 4.98 Å². The zero-order valence-electron chi connectivity index (χ0n) is 19.8. The summed E-state index contributed by atoms with van der Waals surface area (Å²) in [4.78, 5) is 8.79. The highest BCUT2D eigenvalue weighted by atomic mass is 15.0. The number of fused-ring (bicyclic) bond motifs is 1. The number of imidazole rings is 1. The van der Waals surface area contributed by atoms with Gasteiger partial charge in [0.1, 0.15) is 0 Å². The number of hydrogen-bond donors (Lipinski definition) is 1. The average Bonchev–Trinajstić information content (AvgIpc) is 3.23. The lowest BCUT2D eigenvalue weighted by Crippen LogP contribution is -1.95. The highest BCUT2D eigenvalue weighted by Crippen LogP contribution is 2.24. The van der Waals surface area contributed by atoms with Crippen LogP contribution in [-0.2, 0) is 13.0 Å². The molecule has 0 amide bonds. The zero-order chi connectivity index (χ0) is 22.8.